The van der Waals surface area contributed by atoms with Gasteiger partial charge in [0.2, 0.25) is 0 Å². The smallest absolute Gasteiger partial charge is 0.315 e. The average Bonchev–Trinajstić information content (AvgIpc) is 2.42. The van der Waals surface area contributed by atoms with Gasteiger partial charge in [0, 0.05) is 12.6 Å². The van der Waals surface area contributed by atoms with Crippen LogP contribution in [-0.2, 0) is 6.42 Å². The Labute approximate surface area is 115 Å². The second-order valence-electron chi connectivity index (χ2n) is 5.47. The zero-order valence-corrected chi connectivity index (χ0v) is 11.7. The summed E-state index contributed by atoms with van der Waals surface area (Å²) in [4.78, 5) is 11.7. The SMILES string of the molecule is Cc1ccc(CCNC(=O)NC2CCCCC2)cc1. The van der Waals surface area contributed by atoms with Crippen molar-refractivity contribution < 1.29 is 4.79 Å². The third-order valence-corrected chi connectivity index (χ3v) is 3.76. The van der Waals surface area contributed by atoms with E-state index in [4.69, 9.17) is 0 Å². The number of urea groups is 1. The Morgan fingerprint density at radius 3 is 2.53 bits per heavy atom. The van der Waals surface area contributed by atoms with Crippen molar-refractivity contribution in [2.24, 2.45) is 0 Å². The van der Waals surface area contributed by atoms with Crippen LogP contribution >= 0.6 is 0 Å². The van der Waals surface area contributed by atoms with Gasteiger partial charge in [0.1, 0.15) is 0 Å². The van der Waals surface area contributed by atoms with Gasteiger partial charge in [-0.05, 0) is 31.7 Å². The van der Waals surface area contributed by atoms with Gasteiger partial charge >= 0.3 is 6.03 Å². The van der Waals surface area contributed by atoms with Gasteiger partial charge in [0.25, 0.3) is 0 Å². The molecule has 1 fully saturated rings. The first-order chi connectivity index (χ1) is 9.24. The summed E-state index contributed by atoms with van der Waals surface area (Å²) in [7, 11) is 0. The van der Waals surface area contributed by atoms with Crippen molar-refractivity contribution in [3.05, 3.63) is 35.4 Å². The summed E-state index contributed by atoms with van der Waals surface area (Å²) in [6.45, 7) is 2.78. The van der Waals surface area contributed by atoms with Crippen LogP contribution in [-0.4, -0.2) is 18.6 Å². The predicted molar refractivity (Wildman–Crippen MR) is 78.3 cm³/mol. The molecular weight excluding hydrogens is 236 g/mol. The van der Waals surface area contributed by atoms with Crippen LogP contribution in [0.4, 0.5) is 4.79 Å². The fraction of sp³-hybridized carbons (Fsp3) is 0.562. The minimum absolute atomic E-state index is 0.0148. The summed E-state index contributed by atoms with van der Waals surface area (Å²) in [5.41, 5.74) is 2.54. The van der Waals surface area contributed by atoms with E-state index in [0.717, 1.165) is 19.3 Å². The number of carbonyl (C=O) groups is 1. The molecule has 0 aliphatic heterocycles. The molecule has 0 aromatic heterocycles. The van der Waals surface area contributed by atoms with Crippen LogP contribution in [0, 0.1) is 6.92 Å². The van der Waals surface area contributed by atoms with Gasteiger partial charge in [-0.15, -0.1) is 0 Å². The Bertz CT molecular complexity index is 394. The maximum atomic E-state index is 11.7. The molecule has 2 N–H and O–H groups in total. The van der Waals surface area contributed by atoms with E-state index >= 15 is 0 Å². The number of amides is 2. The molecule has 0 spiro atoms. The number of rotatable bonds is 4. The van der Waals surface area contributed by atoms with Crippen LogP contribution in [0.25, 0.3) is 0 Å². The zero-order chi connectivity index (χ0) is 13.5. The molecule has 1 saturated carbocycles. The molecule has 2 amide bonds. The minimum Gasteiger partial charge on any atom is -0.338 e. The first kappa shape index (κ1) is 13.9. The van der Waals surface area contributed by atoms with E-state index in [1.54, 1.807) is 0 Å². The lowest BCUT2D eigenvalue weighted by Gasteiger charge is -2.22. The maximum absolute atomic E-state index is 11.7. The molecule has 104 valence electrons. The molecule has 1 aromatic rings. The van der Waals surface area contributed by atoms with Crippen molar-refractivity contribution in [1.29, 1.82) is 0 Å². The Morgan fingerprint density at radius 1 is 1.16 bits per heavy atom. The van der Waals surface area contributed by atoms with Crippen LogP contribution in [0.2, 0.25) is 0 Å². The van der Waals surface area contributed by atoms with Crippen LogP contribution < -0.4 is 10.6 Å². The standard InChI is InChI=1S/C16H24N2O/c1-13-7-9-14(10-8-13)11-12-17-16(19)18-15-5-3-2-4-6-15/h7-10,15H,2-6,11-12H2,1H3,(H2,17,18,19). The Hall–Kier alpha value is -1.51. The number of nitrogens with one attached hydrogen (secondary N) is 2. The number of aryl methyl sites for hydroxylation is 1. The van der Waals surface area contributed by atoms with Gasteiger partial charge < -0.3 is 10.6 Å². The normalized spacial score (nSPS) is 16.1. The molecule has 0 heterocycles. The van der Waals surface area contributed by atoms with Crippen LogP contribution in [0.15, 0.2) is 24.3 Å². The molecule has 2 rings (SSSR count). The fourth-order valence-corrected chi connectivity index (χ4v) is 2.56. The highest BCUT2D eigenvalue weighted by Gasteiger charge is 2.14. The first-order valence-electron chi connectivity index (χ1n) is 7.34. The van der Waals surface area contributed by atoms with E-state index in [2.05, 4.69) is 41.8 Å². The largest absolute Gasteiger partial charge is 0.338 e. The molecule has 3 heteroatoms. The average molecular weight is 260 g/mol. The first-order valence-corrected chi connectivity index (χ1v) is 7.34. The van der Waals surface area contributed by atoms with E-state index in [1.807, 2.05) is 0 Å². The summed E-state index contributed by atoms with van der Waals surface area (Å²) < 4.78 is 0. The van der Waals surface area contributed by atoms with Gasteiger partial charge in [0.05, 0.1) is 0 Å². The summed E-state index contributed by atoms with van der Waals surface area (Å²) in [5.74, 6) is 0. The number of hydrogen-bond donors (Lipinski definition) is 2. The Kier molecular flexibility index (Phi) is 5.25. The second-order valence-corrected chi connectivity index (χ2v) is 5.47. The molecule has 1 aliphatic carbocycles. The minimum atomic E-state index is -0.0148. The van der Waals surface area contributed by atoms with Crippen LogP contribution in [0.5, 0.6) is 0 Å². The second kappa shape index (κ2) is 7.17. The number of benzene rings is 1. The molecule has 0 bridgehead atoms. The Morgan fingerprint density at radius 2 is 1.84 bits per heavy atom. The lowest BCUT2D eigenvalue weighted by molar-refractivity contribution is 0.233. The topological polar surface area (TPSA) is 41.1 Å². The molecule has 19 heavy (non-hydrogen) atoms. The molecular formula is C16H24N2O. The molecule has 3 nitrogen and oxygen atoms in total. The predicted octanol–water partition coefficient (Wildman–Crippen LogP) is 3.17. The molecule has 0 unspecified atom stereocenters. The van der Waals surface area contributed by atoms with Gasteiger partial charge in [-0.3, -0.25) is 0 Å². The van der Waals surface area contributed by atoms with E-state index in [1.165, 1.54) is 30.4 Å². The van der Waals surface area contributed by atoms with Gasteiger partial charge in [-0.2, -0.15) is 0 Å². The van der Waals surface area contributed by atoms with Crippen molar-refractivity contribution in [3.63, 3.8) is 0 Å². The lowest BCUT2D eigenvalue weighted by atomic mass is 9.96. The van der Waals surface area contributed by atoms with Crippen molar-refractivity contribution in [3.8, 4) is 0 Å². The van der Waals surface area contributed by atoms with E-state index in [-0.39, 0.29) is 6.03 Å². The highest BCUT2D eigenvalue weighted by atomic mass is 16.2. The molecule has 0 radical (unpaired) electrons. The van der Waals surface area contributed by atoms with Crippen molar-refractivity contribution in [2.45, 2.75) is 51.5 Å². The van der Waals surface area contributed by atoms with Crippen molar-refractivity contribution in [1.82, 2.24) is 10.6 Å². The van der Waals surface area contributed by atoms with E-state index in [0.29, 0.717) is 12.6 Å². The highest BCUT2D eigenvalue weighted by molar-refractivity contribution is 5.74. The molecule has 1 aromatic carbocycles. The highest BCUT2D eigenvalue weighted by Crippen LogP contribution is 2.17. The van der Waals surface area contributed by atoms with Crippen LogP contribution in [0.1, 0.15) is 43.2 Å². The third-order valence-electron chi connectivity index (χ3n) is 3.76. The zero-order valence-electron chi connectivity index (χ0n) is 11.7. The third kappa shape index (κ3) is 4.93. The fourth-order valence-electron chi connectivity index (χ4n) is 2.56. The maximum Gasteiger partial charge on any atom is 0.315 e. The quantitative estimate of drug-likeness (QED) is 0.857. The summed E-state index contributed by atoms with van der Waals surface area (Å²) in [6.07, 6.45) is 6.95. The summed E-state index contributed by atoms with van der Waals surface area (Å²) in [5, 5.41) is 6.01. The van der Waals surface area contributed by atoms with Crippen LogP contribution in [0.3, 0.4) is 0 Å². The summed E-state index contributed by atoms with van der Waals surface area (Å²) >= 11 is 0. The summed E-state index contributed by atoms with van der Waals surface area (Å²) in [6, 6.07) is 8.83. The van der Waals surface area contributed by atoms with E-state index in [9.17, 15) is 4.79 Å². The van der Waals surface area contributed by atoms with Gasteiger partial charge in [-0.25, -0.2) is 4.79 Å². The molecule has 0 atom stereocenters. The Balaban J connectivity index is 1.64. The number of hydrogen-bond acceptors (Lipinski definition) is 1. The lowest BCUT2D eigenvalue weighted by Crippen LogP contribution is -2.43. The van der Waals surface area contributed by atoms with Crippen molar-refractivity contribution >= 4 is 6.03 Å². The monoisotopic (exact) mass is 260 g/mol. The van der Waals surface area contributed by atoms with Crippen molar-refractivity contribution in [2.75, 3.05) is 6.54 Å². The van der Waals surface area contributed by atoms with E-state index < -0.39 is 0 Å². The van der Waals surface area contributed by atoms with Gasteiger partial charge in [0.15, 0.2) is 0 Å². The molecule has 1 aliphatic rings. The number of carbonyl (C=O) groups excluding carboxylic acids is 1. The molecule has 0 saturated heterocycles. The van der Waals surface area contributed by atoms with Gasteiger partial charge in [-0.1, -0.05) is 49.1 Å².